The molecule has 0 bridgehead atoms. The lowest BCUT2D eigenvalue weighted by Gasteiger charge is -2.08. The van der Waals surface area contributed by atoms with Gasteiger partial charge in [0.15, 0.2) is 0 Å². The summed E-state index contributed by atoms with van der Waals surface area (Å²) in [5.41, 5.74) is 5.30. The summed E-state index contributed by atoms with van der Waals surface area (Å²) in [6.45, 7) is 2.00. The molecule has 5 nitrogen and oxygen atoms in total. The summed E-state index contributed by atoms with van der Waals surface area (Å²) in [6.07, 6.45) is 2.39. The number of rotatable bonds is 1. The highest BCUT2D eigenvalue weighted by atomic mass is 35.5. The third-order valence-corrected chi connectivity index (χ3v) is 1.81. The Balaban J connectivity index is 0.000000720. The molecule has 0 aromatic carbocycles. The highest BCUT2D eigenvalue weighted by Crippen LogP contribution is 2.17. The van der Waals surface area contributed by atoms with Crippen LogP contribution in [0.25, 0.3) is 0 Å². The van der Waals surface area contributed by atoms with Gasteiger partial charge in [0, 0.05) is 13.1 Å². The summed E-state index contributed by atoms with van der Waals surface area (Å²) in [5, 5.41) is 3.51. The molecule has 0 radical (unpaired) electrons. The van der Waals surface area contributed by atoms with Gasteiger partial charge in [-0.3, -0.25) is 0 Å². The van der Waals surface area contributed by atoms with Crippen LogP contribution in [0.3, 0.4) is 0 Å². The maximum absolute atomic E-state index is 5.30. The van der Waals surface area contributed by atoms with Gasteiger partial charge in [-0.05, 0) is 18.0 Å². The lowest BCUT2D eigenvalue weighted by atomic mass is 10.4. The molecule has 0 spiro atoms. The first-order valence-corrected chi connectivity index (χ1v) is 3.70. The molecular formula is C6H11ClN4O. The molecule has 2 N–H and O–H groups in total. The van der Waals surface area contributed by atoms with Crippen LogP contribution < -0.4 is 10.6 Å². The van der Waals surface area contributed by atoms with Gasteiger partial charge in [-0.1, -0.05) is 0 Å². The second-order valence-corrected chi connectivity index (χ2v) is 2.63. The van der Waals surface area contributed by atoms with Crippen molar-refractivity contribution < 1.29 is 4.52 Å². The van der Waals surface area contributed by atoms with E-state index in [1.807, 2.05) is 4.90 Å². The van der Waals surface area contributed by atoms with Crippen LogP contribution in [0.4, 0.5) is 12.0 Å². The average Bonchev–Trinajstić information content (AvgIpc) is 2.55. The van der Waals surface area contributed by atoms with Crippen molar-refractivity contribution in [1.29, 1.82) is 0 Å². The number of aromatic nitrogens is 2. The molecule has 6 heteroatoms. The topological polar surface area (TPSA) is 68.2 Å². The number of halogens is 1. The SMILES string of the molecule is Cl.Nc1noc(N2CCCC2)n1. The van der Waals surface area contributed by atoms with Crippen LogP contribution in [0.5, 0.6) is 0 Å². The second-order valence-electron chi connectivity index (χ2n) is 2.63. The van der Waals surface area contributed by atoms with E-state index >= 15 is 0 Å². The fourth-order valence-corrected chi connectivity index (χ4v) is 1.26. The monoisotopic (exact) mass is 190 g/mol. The quantitative estimate of drug-likeness (QED) is 0.705. The number of nitrogens with two attached hydrogens (primary N) is 1. The van der Waals surface area contributed by atoms with Crippen molar-refractivity contribution in [1.82, 2.24) is 10.1 Å². The molecule has 0 saturated carbocycles. The zero-order chi connectivity index (χ0) is 7.68. The molecule has 12 heavy (non-hydrogen) atoms. The molecule has 0 aliphatic carbocycles. The fourth-order valence-electron chi connectivity index (χ4n) is 1.26. The van der Waals surface area contributed by atoms with Gasteiger partial charge in [0.25, 0.3) is 5.95 Å². The highest BCUT2D eigenvalue weighted by molar-refractivity contribution is 5.85. The van der Waals surface area contributed by atoms with Crippen LogP contribution in [0.1, 0.15) is 12.8 Å². The zero-order valence-electron chi connectivity index (χ0n) is 6.56. The van der Waals surface area contributed by atoms with Gasteiger partial charge in [-0.25, -0.2) is 0 Å². The van der Waals surface area contributed by atoms with Gasteiger partial charge < -0.3 is 15.2 Å². The van der Waals surface area contributed by atoms with Gasteiger partial charge >= 0.3 is 6.01 Å². The van der Waals surface area contributed by atoms with E-state index < -0.39 is 0 Å². The van der Waals surface area contributed by atoms with Crippen LogP contribution in [0.15, 0.2) is 4.52 Å². The first kappa shape index (κ1) is 9.12. The molecule has 0 unspecified atom stereocenters. The molecule has 1 aliphatic heterocycles. The molecule has 2 rings (SSSR count). The Labute approximate surface area is 76.3 Å². The largest absolute Gasteiger partial charge is 0.365 e. The summed E-state index contributed by atoms with van der Waals surface area (Å²) < 4.78 is 4.89. The van der Waals surface area contributed by atoms with Crippen molar-refractivity contribution in [2.75, 3.05) is 23.7 Å². The summed E-state index contributed by atoms with van der Waals surface area (Å²) in [4.78, 5) is 5.96. The van der Waals surface area contributed by atoms with Crippen LogP contribution in [0, 0.1) is 0 Å². The molecule has 1 aliphatic rings. The maximum Gasteiger partial charge on any atom is 0.325 e. The highest BCUT2D eigenvalue weighted by Gasteiger charge is 2.17. The number of anilines is 2. The zero-order valence-corrected chi connectivity index (χ0v) is 7.38. The van der Waals surface area contributed by atoms with Crippen LogP contribution in [0.2, 0.25) is 0 Å². The first-order valence-electron chi connectivity index (χ1n) is 3.70. The molecule has 0 atom stereocenters. The van der Waals surface area contributed by atoms with E-state index in [0.717, 1.165) is 13.1 Å². The van der Waals surface area contributed by atoms with Crippen molar-refractivity contribution in [3.05, 3.63) is 0 Å². The van der Waals surface area contributed by atoms with Crippen molar-refractivity contribution in [2.24, 2.45) is 0 Å². The van der Waals surface area contributed by atoms with Gasteiger partial charge in [0.05, 0.1) is 0 Å². The third-order valence-electron chi connectivity index (χ3n) is 1.81. The smallest absolute Gasteiger partial charge is 0.325 e. The Morgan fingerprint density at radius 1 is 1.33 bits per heavy atom. The summed E-state index contributed by atoms with van der Waals surface area (Å²) in [5.74, 6) is 0.215. The number of hydrogen-bond donors (Lipinski definition) is 1. The summed E-state index contributed by atoms with van der Waals surface area (Å²) in [7, 11) is 0. The molecule has 1 saturated heterocycles. The molecule has 68 valence electrons. The van der Waals surface area contributed by atoms with Crippen molar-refractivity contribution >= 4 is 24.4 Å². The maximum atomic E-state index is 5.30. The molecule has 0 amide bonds. The molecule has 1 aromatic heterocycles. The van der Waals surface area contributed by atoms with E-state index in [1.54, 1.807) is 0 Å². The van der Waals surface area contributed by atoms with Gasteiger partial charge in [-0.2, -0.15) is 4.98 Å². The van der Waals surface area contributed by atoms with Crippen LogP contribution >= 0.6 is 12.4 Å². The summed E-state index contributed by atoms with van der Waals surface area (Å²) in [6, 6.07) is 0.556. The average molecular weight is 191 g/mol. The Hall–Kier alpha value is -0.970. The van der Waals surface area contributed by atoms with Gasteiger partial charge in [0.2, 0.25) is 0 Å². The minimum Gasteiger partial charge on any atom is -0.365 e. The second kappa shape index (κ2) is 3.62. The Bertz CT molecular complexity index is 245. The van der Waals surface area contributed by atoms with Crippen LogP contribution in [-0.2, 0) is 0 Å². The van der Waals surface area contributed by atoms with Gasteiger partial charge in [0.1, 0.15) is 0 Å². The van der Waals surface area contributed by atoms with Crippen LogP contribution in [-0.4, -0.2) is 23.2 Å². The lowest BCUT2D eigenvalue weighted by Crippen LogP contribution is -2.17. The minimum atomic E-state index is 0. The Kier molecular flexibility index (Phi) is 2.75. The Morgan fingerprint density at radius 2 is 2.00 bits per heavy atom. The third kappa shape index (κ3) is 1.61. The molecule has 1 fully saturated rings. The van der Waals surface area contributed by atoms with Crippen molar-refractivity contribution in [3.63, 3.8) is 0 Å². The summed E-state index contributed by atoms with van der Waals surface area (Å²) >= 11 is 0. The predicted molar refractivity (Wildman–Crippen MR) is 47.4 cm³/mol. The number of hydrogen-bond acceptors (Lipinski definition) is 5. The van der Waals surface area contributed by atoms with E-state index in [-0.39, 0.29) is 18.4 Å². The Morgan fingerprint density at radius 3 is 2.50 bits per heavy atom. The lowest BCUT2D eigenvalue weighted by molar-refractivity contribution is 0.420. The van der Waals surface area contributed by atoms with Crippen molar-refractivity contribution in [3.8, 4) is 0 Å². The molecule has 2 heterocycles. The van der Waals surface area contributed by atoms with E-state index in [4.69, 9.17) is 10.3 Å². The first-order chi connectivity index (χ1) is 5.36. The minimum absolute atomic E-state index is 0. The number of nitrogen functional groups attached to an aromatic ring is 1. The molecule has 1 aromatic rings. The standard InChI is InChI=1S/C6H10N4O.ClH/c7-5-8-6(11-9-5)10-3-1-2-4-10;/h1-4H2,(H2,7,9);1H. The predicted octanol–water partition coefficient (Wildman–Crippen LogP) is 0.674. The number of nitrogens with zero attached hydrogens (tertiary/aromatic N) is 3. The normalized spacial score (nSPS) is 16.2. The van der Waals surface area contributed by atoms with E-state index in [1.165, 1.54) is 12.8 Å². The van der Waals surface area contributed by atoms with E-state index in [0.29, 0.717) is 6.01 Å². The van der Waals surface area contributed by atoms with E-state index in [2.05, 4.69) is 10.1 Å². The van der Waals surface area contributed by atoms with Gasteiger partial charge in [-0.15, -0.1) is 12.4 Å². The van der Waals surface area contributed by atoms with E-state index in [9.17, 15) is 0 Å². The fraction of sp³-hybridized carbons (Fsp3) is 0.667. The van der Waals surface area contributed by atoms with Crippen molar-refractivity contribution in [2.45, 2.75) is 12.8 Å². The molecular weight excluding hydrogens is 180 g/mol.